The number of aliphatic hydroxyl groups is 1. The minimum absolute atomic E-state index is 0.0842. The van der Waals surface area contributed by atoms with E-state index in [0.29, 0.717) is 33.8 Å². The van der Waals surface area contributed by atoms with Crippen LogP contribution in [-0.2, 0) is 5.60 Å². The summed E-state index contributed by atoms with van der Waals surface area (Å²) >= 11 is 0. The van der Waals surface area contributed by atoms with Crippen LogP contribution in [0.5, 0.6) is 0 Å². The van der Waals surface area contributed by atoms with Gasteiger partial charge in [-0.3, -0.25) is 4.79 Å². The number of rotatable bonds is 2. The second-order valence-corrected chi connectivity index (χ2v) is 9.60. The van der Waals surface area contributed by atoms with Crippen molar-refractivity contribution < 1.29 is 18.4 Å². The first-order valence-electron chi connectivity index (χ1n) is 13.1. The highest BCUT2D eigenvalue weighted by Crippen LogP contribution is 2.48. The lowest BCUT2D eigenvalue weighted by Crippen LogP contribution is -2.30. The molecular weight excluding hydrogens is 457 g/mol. The molecule has 4 aromatic rings. The molecular formula is C28H24FN5O2. The molecule has 2 atom stereocenters. The zero-order valence-electron chi connectivity index (χ0n) is 22.9. The van der Waals surface area contributed by atoms with Gasteiger partial charge in [0.1, 0.15) is 17.2 Å². The number of benzene rings is 2. The number of carbonyl (C=O) groups excluding carboxylic acids is 1. The van der Waals surface area contributed by atoms with Crippen LogP contribution in [0.4, 0.5) is 4.39 Å². The van der Waals surface area contributed by atoms with Crippen LogP contribution in [0, 0.1) is 17.7 Å². The molecule has 1 N–H and O–H groups in total. The molecule has 0 saturated heterocycles. The standard InChI is InChI=1S/C28H24FN5O2/c1-5-6-17-19(29)9-8-18-24(17)22-12-23(33(4)26(18)35)25-32-20-10-7-15(11-21(20)34(22)25)16-13-30-27(31-14-16)28(2,3)36/h7-11,13-14,22-23,36H,12H2,1-4H3/t22-,23-/m1/s1/i4D3. The third-order valence-corrected chi connectivity index (χ3v) is 6.84. The van der Waals surface area contributed by atoms with Crippen LogP contribution in [0.25, 0.3) is 22.2 Å². The van der Waals surface area contributed by atoms with E-state index in [1.165, 1.54) is 6.07 Å². The Morgan fingerprint density at radius 1 is 1.17 bits per heavy atom. The molecule has 2 aliphatic heterocycles. The van der Waals surface area contributed by atoms with Gasteiger partial charge in [0.15, 0.2) is 5.82 Å². The summed E-state index contributed by atoms with van der Waals surface area (Å²) in [5, 5.41) is 10.2. The van der Waals surface area contributed by atoms with Gasteiger partial charge in [-0.15, -0.1) is 5.92 Å². The molecule has 0 fully saturated rings. The van der Waals surface area contributed by atoms with Crippen molar-refractivity contribution in [3.63, 3.8) is 0 Å². The summed E-state index contributed by atoms with van der Waals surface area (Å²) < 4.78 is 41.5. The lowest BCUT2D eigenvalue weighted by atomic mass is 9.93. The van der Waals surface area contributed by atoms with Crippen LogP contribution in [0.2, 0.25) is 0 Å². The first-order valence-corrected chi connectivity index (χ1v) is 11.6. The fraction of sp³-hybridized carbons (Fsp3) is 0.286. The average Bonchev–Trinajstić information content (AvgIpc) is 3.37. The predicted molar refractivity (Wildman–Crippen MR) is 133 cm³/mol. The number of nitrogens with zero attached hydrogens (tertiary/aromatic N) is 5. The highest BCUT2D eigenvalue weighted by molar-refractivity contribution is 5.98. The molecule has 0 spiro atoms. The van der Waals surface area contributed by atoms with Gasteiger partial charge in [-0.1, -0.05) is 12.0 Å². The number of carbonyl (C=O) groups is 1. The number of amides is 1. The fourth-order valence-corrected chi connectivity index (χ4v) is 5.19. The summed E-state index contributed by atoms with van der Waals surface area (Å²) in [6, 6.07) is 6.68. The average molecular weight is 485 g/mol. The summed E-state index contributed by atoms with van der Waals surface area (Å²) in [5.41, 5.74) is 2.19. The molecule has 2 aromatic carbocycles. The second-order valence-electron chi connectivity index (χ2n) is 9.60. The normalized spacial score (nSPS) is 20.1. The van der Waals surface area contributed by atoms with Crippen LogP contribution >= 0.6 is 0 Å². The first kappa shape index (κ1) is 19.1. The summed E-state index contributed by atoms with van der Waals surface area (Å²) in [7, 11) is 0. The Balaban J connectivity index is 1.60. The molecule has 0 radical (unpaired) electrons. The van der Waals surface area contributed by atoms with E-state index in [-0.39, 0.29) is 17.5 Å². The molecule has 0 aliphatic carbocycles. The maximum Gasteiger partial charge on any atom is 0.254 e. The Hall–Kier alpha value is -4.09. The fourth-order valence-electron chi connectivity index (χ4n) is 5.19. The zero-order valence-corrected chi connectivity index (χ0v) is 19.9. The molecule has 0 saturated carbocycles. The summed E-state index contributed by atoms with van der Waals surface area (Å²) in [6.45, 7) is 2.06. The Bertz CT molecular complexity index is 1730. The van der Waals surface area contributed by atoms with Crippen molar-refractivity contribution in [3.8, 4) is 23.0 Å². The van der Waals surface area contributed by atoms with Gasteiger partial charge in [-0.25, -0.2) is 19.3 Å². The number of hydrogen-bond donors (Lipinski definition) is 1. The van der Waals surface area contributed by atoms with Crippen molar-refractivity contribution in [1.29, 1.82) is 0 Å². The maximum atomic E-state index is 15.1. The van der Waals surface area contributed by atoms with E-state index in [2.05, 4.69) is 21.8 Å². The lowest BCUT2D eigenvalue weighted by molar-refractivity contribution is 0.0686. The van der Waals surface area contributed by atoms with E-state index in [9.17, 15) is 9.90 Å². The molecule has 8 heteroatoms. The minimum Gasteiger partial charge on any atom is -0.382 e. The smallest absolute Gasteiger partial charge is 0.254 e. The monoisotopic (exact) mass is 484 g/mol. The Kier molecular flexibility index (Phi) is 4.10. The van der Waals surface area contributed by atoms with Crippen molar-refractivity contribution in [2.45, 2.75) is 44.9 Å². The van der Waals surface area contributed by atoms with E-state index in [4.69, 9.17) is 9.10 Å². The van der Waals surface area contributed by atoms with Crippen LogP contribution in [0.3, 0.4) is 0 Å². The van der Waals surface area contributed by atoms with E-state index in [0.717, 1.165) is 16.5 Å². The number of fused-ring (bicyclic) bond motifs is 9. The molecule has 180 valence electrons. The molecule has 4 heterocycles. The second kappa shape index (κ2) is 7.70. The third-order valence-electron chi connectivity index (χ3n) is 6.84. The van der Waals surface area contributed by atoms with E-state index in [1.807, 2.05) is 22.8 Å². The maximum absolute atomic E-state index is 15.1. The number of hydrogen-bond acceptors (Lipinski definition) is 5. The molecule has 36 heavy (non-hydrogen) atoms. The zero-order chi connectivity index (χ0) is 27.9. The van der Waals surface area contributed by atoms with Gasteiger partial charge in [0.05, 0.1) is 28.7 Å². The van der Waals surface area contributed by atoms with Crippen LogP contribution in [0.1, 0.15) is 76.5 Å². The van der Waals surface area contributed by atoms with E-state index < -0.39 is 36.4 Å². The van der Waals surface area contributed by atoms with Gasteiger partial charge >= 0.3 is 0 Å². The van der Waals surface area contributed by atoms with Crippen molar-refractivity contribution in [2.75, 3.05) is 6.98 Å². The van der Waals surface area contributed by atoms with Crippen LogP contribution < -0.4 is 0 Å². The van der Waals surface area contributed by atoms with Gasteiger partial charge in [0.2, 0.25) is 0 Å². The Morgan fingerprint density at radius 2 is 1.94 bits per heavy atom. The van der Waals surface area contributed by atoms with Crippen LogP contribution in [0.15, 0.2) is 42.7 Å². The van der Waals surface area contributed by atoms with E-state index in [1.54, 1.807) is 33.2 Å². The summed E-state index contributed by atoms with van der Waals surface area (Å²) in [6.07, 6.45) is 3.48. The molecule has 7 nitrogen and oxygen atoms in total. The molecule has 6 rings (SSSR count). The van der Waals surface area contributed by atoms with Gasteiger partial charge in [-0.2, -0.15) is 0 Å². The number of halogens is 1. The van der Waals surface area contributed by atoms with Gasteiger partial charge in [0.25, 0.3) is 5.91 Å². The Morgan fingerprint density at radius 3 is 2.64 bits per heavy atom. The molecule has 2 aromatic heterocycles. The summed E-state index contributed by atoms with van der Waals surface area (Å²) in [5.74, 6) is 4.99. The number of imidazole rings is 1. The summed E-state index contributed by atoms with van der Waals surface area (Å²) in [4.78, 5) is 27.9. The molecule has 1 amide bonds. The largest absolute Gasteiger partial charge is 0.382 e. The molecule has 2 bridgehead atoms. The van der Waals surface area contributed by atoms with Gasteiger partial charge in [-0.05, 0) is 50.6 Å². The van der Waals surface area contributed by atoms with Crippen molar-refractivity contribution >= 4 is 16.9 Å². The highest BCUT2D eigenvalue weighted by atomic mass is 19.1. The topological polar surface area (TPSA) is 84.1 Å². The predicted octanol–water partition coefficient (Wildman–Crippen LogP) is 4.35. The lowest BCUT2D eigenvalue weighted by Gasteiger charge is -2.24. The Labute approximate surface area is 211 Å². The van der Waals surface area contributed by atoms with Gasteiger partial charge < -0.3 is 14.6 Å². The highest BCUT2D eigenvalue weighted by Gasteiger charge is 2.44. The molecule has 2 aliphatic rings. The SMILES string of the molecule is [2H]C([2H])([2H])N1C(=O)c2ccc(F)c(C#CC)c2[C@H]2C[C@@H]1c1nc3ccc(-c4cnc(C(C)(C)O)nc4)cc3n12. The third kappa shape index (κ3) is 3.16. The van der Waals surface area contributed by atoms with Crippen molar-refractivity contribution in [1.82, 2.24) is 24.4 Å². The quantitative estimate of drug-likeness (QED) is 0.428. The van der Waals surface area contributed by atoms with Crippen molar-refractivity contribution in [2.24, 2.45) is 0 Å². The van der Waals surface area contributed by atoms with E-state index >= 15 is 4.39 Å². The van der Waals surface area contributed by atoms with Crippen molar-refractivity contribution in [3.05, 3.63) is 76.9 Å². The minimum atomic E-state index is -2.74. The van der Waals surface area contributed by atoms with Gasteiger partial charge in [0, 0.05) is 46.6 Å². The van der Waals surface area contributed by atoms with Crippen LogP contribution in [-0.4, -0.2) is 42.4 Å². The first-order chi connectivity index (χ1) is 18.4. The molecule has 0 unspecified atom stereocenters. The number of aromatic nitrogens is 4.